The lowest BCUT2D eigenvalue weighted by Crippen LogP contribution is -2.35. The molecule has 0 bridgehead atoms. The Hall–Kier alpha value is -1.10. The molecular formula is C17H26N2O2. The number of nitrogens with one attached hydrogen (secondary N) is 1. The van der Waals surface area contributed by atoms with Crippen LogP contribution < -0.4 is 10.2 Å². The predicted octanol–water partition coefficient (Wildman–Crippen LogP) is 2.09. The maximum Gasteiger partial charge on any atom is 0.0620 e. The van der Waals surface area contributed by atoms with Gasteiger partial charge < -0.3 is 20.1 Å². The van der Waals surface area contributed by atoms with Crippen LogP contribution in [0.5, 0.6) is 0 Å². The van der Waals surface area contributed by atoms with Crippen LogP contribution in [-0.2, 0) is 4.74 Å². The number of piperidine rings is 1. The normalized spacial score (nSPS) is 25.2. The van der Waals surface area contributed by atoms with Crippen molar-refractivity contribution in [2.24, 2.45) is 0 Å². The average Bonchev–Trinajstić information content (AvgIpc) is 3.01. The summed E-state index contributed by atoms with van der Waals surface area (Å²) in [5.74, 6) is 0. The Morgan fingerprint density at radius 3 is 2.52 bits per heavy atom. The fourth-order valence-corrected chi connectivity index (χ4v) is 3.21. The second kappa shape index (κ2) is 6.77. The highest BCUT2D eigenvalue weighted by atomic mass is 16.5. The van der Waals surface area contributed by atoms with Crippen molar-refractivity contribution in [2.75, 3.05) is 31.2 Å². The molecule has 1 aromatic carbocycles. The molecular weight excluding hydrogens is 264 g/mol. The lowest BCUT2D eigenvalue weighted by molar-refractivity contribution is 0.145. The van der Waals surface area contributed by atoms with E-state index in [9.17, 15) is 5.11 Å². The van der Waals surface area contributed by atoms with E-state index in [-0.39, 0.29) is 6.10 Å². The van der Waals surface area contributed by atoms with E-state index in [0.717, 1.165) is 45.6 Å². The number of aliphatic hydroxyl groups excluding tert-OH is 1. The molecule has 2 saturated heterocycles. The molecule has 2 aliphatic heterocycles. The number of aliphatic hydroxyl groups is 1. The maximum absolute atomic E-state index is 9.58. The van der Waals surface area contributed by atoms with Crippen LogP contribution in [0.15, 0.2) is 24.3 Å². The summed E-state index contributed by atoms with van der Waals surface area (Å²) in [6.45, 7) is 5.83. The van der Waals surface area contributed by atoms with E-state index >= 15 is 0 Å². The van der Waals surface area contributed by atoms with E-state index in [4.69, 9.17) is 4.74 Å². The van der Waals surface area contributed by atoms with Gasteiger partial charge in [-0.2, -0.15) is 0 Å². The van der Waals surface area contributed by atoms with Crippen LogP contribution in [0.4, 0.5) is 5.69 Å². The minimum absolute atomic E-state index is 0.113. The number of nitrogens with zero attached hydrogens (tertiary/aromatic N) is 1. The first kappa shape index (κ1) is 14.8. The molecule has 0 saturated carbocycles. The summed E-state index contributed by atoms with van der Waals surface area (Å²) in [7, 11) is 0. The minimum Gasteiger partial charge on any atom is -0.393 e. The van der Waals surface area contributed by atoms with Gasteiger partial charge in [0.05, 0.1) is 12.7 Å². The lowest BCUT2D eigenvalue weighted by atomic mass is 10.0. The zero-order chi connectivity index (χ0) is 14.7. The van der Waals surface area contributed by atoms with Crippen molar-refractivity contribution in [1.29, 1.82) is 0 Å². The average molecular weight is 290 g/mol. The summed E-state index contributed by atoms with van der Waals surface area (Å²) in [5.41, 5.74) is 2.59. The summed E-state index contributed by atoms with van der Waals surface area (Å²) in [4.78, 5) is 2.36. The van der Waals surface area contributed by atoms with Crippen molar-refractivity contribution in [3.8, 4) is 0 Å². The van der Waals surface area contributed by atoms with Crippen LogP contribution in [0.1, 0.15) is 37.8 Å². The van der Waals surface area contributed by atoms with Gasteiger partial charge in [0, 0.05) is 37.5 Å². The van der Waals surface area contributed by atoms with Gasteiger partial charge in [0.15, 0.2) is 0 Å². The number of hydrogen-bond acceptors (Lipinski definition) is 4. The molecule has 0 radical (unpaired) electrons. The highest BCUT2D eigenvalue weighted by Crippen LogP contribution is 2.23. The van der Waals surface area contributed by atoms with Gasteiger partial charge in [-0.15, -0.1) is 0 Å². The first-order valence-electron chi connectivity index (χ1n) is 8.09. The molecule has 1 aromatic rings. The number of rotatable bonds is 4. The van der Waals surface area contributed by atoms with Gasteiger partial charge in [0.1, 0.15) is 0 Å². The minimum atomic E-state index is -0.113. The Bertz CT molecular complexity index is 435. The third kappa shape index (κ3) is 3.76. The van der Waals surface area contributed by atoms with Gasteiger partial charge >= 0.3 is 0 Å². The lowest BCUT2D eigenvalue weighted by Gasteiger charge is -2.31. The fourth-order valence-electron chi connectivity index (χ4n) is 3.21. The molecule has 116 valence electrons. The number of anilines is 1. The van der Waals surface area contributed by atoms with E-state index in [0.29, 0.717) is 12.1 Å². The molecule has 4 heteroatoms. The van der Waals surface area contributed by atoms with Gasteiger partial charge in [0.25, 0.3) is 0 Å². The summed E-state index contributed by atoms with van der Waals surface area (Å²) in [6.07, 6.45) is 2.75. The number of benzene rings is 1. The molecule has 2 aliphatic rings. The molecule has 21 heavy (non-hydrogen) atoms. The molecule has 4 nitrogen and oxygen atoms in total. The smallest absolute Gasteiger partial charge is 0.0620 e. The Morgan fingerprint density at radius 1 is 1.19 bits per heavy atom. The zero-order valence-corrected chi connectivity index (χ0v) is 12.8. The van der Waals surface area contributed by atoms with Gasteiger partial charge in [-0.05, 0) is 43.9 Å². The molecule has 0 aromatic heterocycles. The second-order valence-corrected chi connectivity index (χ2v) is 6.26. The summed E-state index contributed by atoms with van der Waals surface area (Å²) in [5, 5.41) is 13.2. The van der Waals surface area contributed by atoms with Crippen molar-refractivity contribution in [1.82, 2.24) is 5.32 Å². The predicted molar refractivity (Wildman–Crippen MR) is 84.7 cm³/mol. The fraction of sp³-hybridized carbons (Fsp3) is 0.647. The SMILES string of the molecule is CC(NC1CCOC1)c1ccc(N2CCC(O)CC2)cc1. The topological polar surface area (TPSA) is 44.7 Å². The molecule has 2 fully saturated rings. The molecule has 0 spiro atoms. The van der Waals surface area contributed by atoms with Crippen molar-refractivity contribution in [3.63, 3.8) is 0 Å². The first-order chi connectivity index (χ1) is 10.2. The van der Waals surface area contributed by atoms with Gasteiger partial charge in [0.2, 0.25) is 0 Å². The quantitative estimate of drug-likeness (QED) is 0.891. The molecule has 2 heterocycles. The third-order valence-corrected chi connectivity index (χ3v) is 4.64. The monoisotopic (exact) mass is 290 g/mol. The van der Waals surface area contributed by atoms with Crippen LogP contribution in [0.2, 0.25) is 0 Å². The highest BCUT2D eigenvalue weighted by Gasteiger charge is 2.19. The van der Waals surface area contributed by atoms with Crippen LogP contribution in [0, 0.1) is 0 Å². The summed E-state index contributed by atoms with van der Waals surface area (Å²) >= 11 is 0. The second-order valence-electron chi connectivity index (χ2n) is 6.26. The van der Waals surface area contributed by atoms with Crippen LogP contribution >= 0.6 is 0 Å². The summed E-state index contributed by atoms with van der Waals surface area (Å²) < 4.78 is 5.41. The van der Waals surface area contributed by atoms with E-state index in [1.165, 1.54) is 11.3 Å². The first-order valence-corrected chi connectivity index (χ1v) is 8.09. The van der Waals surface area contributed by atoms with Gasteiger partial charge in [-0.3, -0.25) is 0 Å². The summed E-state index contributed by atoms with van der Waals surface area (Å²) in [6, 6.07) is 9.69. The standard InChI is InChI=1S/C17H26N2O2/c1-13(18-15-8-11-21-12-15)14-2-4-16(5-3-14)19-9-6-17(20)7-10-19/h2-5,13,15,17-18,20H,6-12H2,1H3. The van der Waals surface area contributed by atoms with E-state index in [1.54, 1.807) is 0 Å². The zero-order valence-electron chi connectivity index (χ0n) is 12.8. The van der Waals surface area contributed by atoms with Crippen LogP contribution in [-0.4, -0.2) is 43.6 Å². The van der Waals surface area contributed by atoms with Gasteiger partial charge in [-0.25, -0.2) is 0 Å². The molecule has 2 atom stereocenters. The number of ether oxygens (including phenoxy) is 1. The Kier molecular flexibility index (Phi) is 4.78. The molecule has 0 amide bonds. The van der Waals surface area contributed by atoms with Crippen LogP contribution in [0.3, 0.4) is 0 Å². The van der Waals surface area contributed by atoms with Crippen molar-refractivity contribution in [2.45, 2.75) is 44.4 Å². The van der Waals surface area contributed by atoms with Gasteiger partial charge in [-0.1, -0.05) is 12.1 Å². The molecule has 2 unspecified atom stereocenters. The van der Waals surface area contributed by atoms with Crippen LogP contribution in [0.25, 0.3) is 0 Å². The Morgan fingerprint density at radius 2 is 1.90 bits per heavy atom. The maximum atomic E-state index is 9.58. The Labute approximate surface area is 127 Å². The highest BCUT2D eigenvalue weighted by molar-refractivity contribution is 5.48. The van der Waals surface area contributed by atoms with E-state index < -0.39 is 0 Å². The Balaban J connectivity index is 1.58. The van der Waals surface area contributed by atoms with E-state index in [2.05, 4.69) is 41.4 Å². The number of hydrogen-bond donors (Lipinski definition) is 2. The molecule has 3 rings (SSSR count). The largest absolute Gasteiger partial charge is 0.393 e. The molecule has 0 aliphatic carbocycles. The molecule has 2 N–H and O–H groups in total. The third-order valence-electron chi connectivity index (χ3n) is 4.64. The van der Waals surface area contributed by atoms with Crippen molar-refractivity contribution >= 4 is 5.69 Å². The van der Waals surface area contributed by atoms with Crippen molar-refractivity contribution < 1.29 is 9.84 Å². The van der Waals surface area contributed by atoms with E-state index in [1.807, 2.05) is 0 Å². The van der Waals surface area contributed by atoms with Crippen molar-refractivity contribution in [3.05, 3.63) is 29.8 Å².